The molecule has 8 nitrogen and oxygen atoms in total. The number of carbonyl (C=O) groups is 4. The number of aliphatic hydroxyl groups excluding tert-OH is 1. The quantitative estimate of drug-likeness (QED) is 0.546. The number of fused-ring (bicyclic) bond motifs is 5. The number of ether oxygens (including phenoxy) is 2. The molecule has 2 N–H and O–H groups in total. The second kappa shape index (κ2) is 8.96. The first-order valence-corrected chi connectivity index (χ1v) is 12.6. The molecule has 4 rings (SSSR count). The molecule has 8 unspecified atom stereocenters. The van der Waals surface area contributed by atoms with E-state index in [1.165, 1.54) is 6.92 Å². The van der Waals surface area contributed by atoms with Gasteiger partial charge in [0.25, 0.3) is 0 Å². The van der Waals surface area contributed by atoms with Crippen LogP contribution in [0.4, 0.5) is 0 Å². The first kappa shape index (κ1) is 25.8. The molecule has 4 aliphatic rings. The first-order valence-electron chi connectivity index (χ1n) is 12.6. The second-order valence-electron chi connectivity index (χ2n) is 11.1. The summed E-state index contributed by atoms with van der Waals surface area (Å²) < 4.78 is 10.6. The van der Waals surface area contributed by atoms with Gasteiger partial charge in [-0.1, -0.05) is 32.4 Å². The zero-order chi connectivity index (χ0) is 25.8. The number of rotatable bonds is 6. The van der Waals surface area contributed by atoms with Crippen molar-refractivity contribution in [3.8, 4) is 0 Å². The SMILES string of the molecule is CCCC(=O)OC1CC2C3CCC4=CC(=O)C=CC4(C)C3C(O)CC2(C)C1(O)C(=O)COC(C)=O. The van der Waals surface area contributed by atoms with Gasteiger partial charge in [-0.25, -0.2) is 0 Å². The van der Waals surface area contributed by atoms with E-state index in [2.05, 4.69) is 0 Å². The Hall–Kier alpha value is -2.32. The van der Waals surface area contributed by atoms with E-state index in [0.717, 1.165) is 5.57 Å². The number of aliphatic hydroxyl groups is 2. The van der Waals surface area contributed by atoms with Gasteiger partial charge in [0, 0.05) is 30.1 Å². The Morgan fingerprint density at radius 2 is 1.94 bits per heavy atom. The van der Waals surface area contributed by atoms with Gasteiger partial charge < -0.3 is 19.7 Å². The van der Waals surface area contributed by atoms with Gasteiger partial charge in [-0.2, -0.15) is 0 Å². The van der Waals surface area contributed by atoms with Gasteiger partial charge in [0.15, 0.2) is 18.0 Å². The van der Waals surface area contributed by atoms with E-state index < -0.39 is 53.0 Å². The van der Waals surface area contributed by atoms with Crippen LogP contribution in [0.3, 0.4) is 0 Å². The fourth-order valence-corrected chi connectivity index (χ4v) is 7.64. The number of hydrogen-bond acceptors (Lipinski definition) is 8. The molecule has 192 valence electrons. The van der Waals surface area contributed by atoms with Gasteiger partial charge in [-0.05, 0) is 56.1 Å². The van der Waals surface area contributed by atoms with Crippen molar-refractivity contribution in [3.63, 3.8) is 0 Å². The van der Waals surface area contributed by atoms with Gasteiger partial charge in [0.1, 0.15) is 6.10 Å². The van der Waals surface area contributed by atoms with Crippen molar-refractivity contribution in [1.29, 1.82) is 0 Å². The molecule has 3 saturated carbocycles. The summed E-state index contributed by atoms with van der Waals surface area (Å²) in [7, 11) is 0. The molecule has 0 aromatic heterocycles. The Bertz CT molecular complexity index is 997. The van der Waals surface area contributed by atoms with Crippen molar-refractivity contribution in [3.05, 3.63) is 23.8 Å². The lowest BCUT2D eigenvalue weighted by Gasteiger charge is -2.59. The van der Waals surface area contributed by atoms with E-state index in [-0.39, 0.29) is 42.8 Å². The predicted molar refractivity (Wildman–Crippen MR) is 125 cm³/mol. The van der Waals surface area contributed by atoms with Crippen molar-refractivity contribution < 1.29 is 38.9 Å². The fourth-order valence-electron chi connectivity index (χ4n) is 7.64. The summed E-state index contributed by atoms with van der Waals surface area (Å²) in [6, 6.07) is 0. The molecule has 4 aliphatic carbocycles. The third kappa shape index (κ3) is 3.89. The van der Waals surface area contributed by atoms with Crippen LogP contribution in [0, 0.1) is 28.6 Å². The highest BCUT2D eigenvalue weighted by atomic mass is 16.6. The molecule has 0 radical (unpaired) electrons. The standard InChI is InChI=1S/C27H36O8/c1-5-6-23(32)35-22-12-19-18-8-7-16-11-17(29)9-10-25(16,3)24(18)20(30)13-26(19,4)27(22,33)21(31)14-34-15(2)28/h9-11,18-20,22,24,30,33H,5-8,12-14H2,1-4H3. The summed E-state index contributed by atoms with van der Waals surface area (Å²) in [4.78, 5) is 49.3. The molecule has 0 aromatic carbocycles. The average molecular weight is 489 g/mol. The summed E-state index contributed by atoms with van der Waals surface area (Å²) >= 11 is 0. The lowest BCUT2D eigenvalue weighted by molar-refractivity contribution is -0.198. The molecule has 8 atom stereocenters. The highest BCUT2D eigenvalue weighted by molar-refractivity contribution is 6.01. The van der Waals surface area contributed by atoms with Crippen molar-refractivity contribution in [1.82, 2.24) is 0 Å². The summed E-state index contributed by atoms with van der Waals surface area (Å²) in [5.41, 5.74) is -2.70. The lowest BCUT2D eigenvalue weighted by atomic mass is 9.46. The third-order valence-electron chi connectivity index (χ3n) is 9.25. The monoisotopic (exact) mass is 488 g/mol. The van der Waals surface area contributed by atoms with Crippen molar-refractivity contribution in [2.75, 3.05) is 6.61 Å². The number of hydrogen-bond donors (Lipinski definition) is 2. The molecule has 8 heteroatoms. The third-order valence-corrected chi connectivity index (χ3v) is 9.25. The number of esters is 2. The molecular formula is C27H36O8. The van der Waals surface area contributed by atoms with Crippen LogP contribution in [0.1, 0.15) is 66.2 Å². The van der Waals surface area contributed by atoms with Gasteiger partial charge in [-0.3, -0.25) is 19.2 Å². The molecule has 0 aromatic rings. The van der Waals surface area contributed by atoms with Gasteiger partial charge >= 0.3 is 11.9 Å². The normalized spacial score (nSPS) is 41.8. The molecule has 0 aliphatic heterocycles. The molecule has 0 spiro atoms. The minimum atomic E-state index is -2.10. The van der Waals surface area contributed by atoms with E-state index in [1.807, 2.05) is 19.9 Å². The topological polar surface area (TPSA) is 127 Å². The maximum atomic E-state index is 13.4. The van der Waals surface area contributed by atoms with Crippen LogP contribution in [0.2, 0.25) is 0 Å². The molecule has 35 heavy (non-hydrogen) atoms. The van der Waals surface area contributed by atoms with E-state index in [4.69, 9.17) is 9.47 Å². The van der Waals surface area contributed by atoms with E-state index in [1.54, 1.807) is 19.1 Å². The van der Waals surface area contributed by atoms with E-state index in [0.29, 0.717) is 19.3 Å². The van der Waals surface area contributed by atoms with Crippen LogP contribution in [0.5, 0.6) is 0 Å². The number of carbonyl (C=O) groups excluding carboxylic acids is 4. The Labute approximate surface area is 205 Å². The maximum absolute atomic E-state index is 13.4. The Morgan fingerprint density at radius 3 is 2.60 bits per heavy atom. The van der Waals surface area contributed by atoms with Gasteiger partial charge in [0.2, 0.25) is 5.78 Å². The van der Waals surface area contributed by atoms with Crippen molar-refractivity contribution in [2.24, 2.45) is 28.6 Å². The summed E-state index contributed by atoms with van der Waals surface area (Å²) in [5.74, 6) is -2.41. The summed E-state index contributed by atoms with van der Waals surface area (Å²) in [6.45, 7) is 6.21. The number of allylic oxidation sites excluding steroid dienone is 4. The molecule has 3 fully saturated rings. The summed E-state index contributed by atoms with van der Waals surface area (Å²) in [6.07, 6.45) is 5.63. The number of ketones is 2. The molecule has 0 saturated heterocycles. The predicted octanol–water partition coefficient (Wildman–Crippen LogP) is 2.45. The van der Waals surface area contributed by atoms with Crippen LogP contribution >= 0.6 is 0 Å². The first-order chi connectivity index (χ1) is 16.4. The van der Waals surface area contributed by atoms with Crippen LogP contribution in [0.15, 0.2) is 23.8 Å². The number of Topliss-reactive ketones (excluding diaryl/α,β-unsaturated/α-hetero) is 1. The minimum Gasteiger partial charge on any atom is -0.459 e. The lowest BCUT2D eigenvalue weighted by Crippen LogP contribution is -2.64. The van der Waals surface area contributed by atoms with Crippen LogP contribution < -0.4 is 0 Å². The minimum absolute atomic E-state index is 0.0553. The maximum Gasteiger partial charge on any atom is 0.306 e. The van der Waals surface area contributed by atoms with Crippen LogP contribution in [0.25, 0.3) is 0 Å². The zero-order valence-electron chi connectivity index (χ0n) is 20.9. The summed E-state index contributed by atoms with van der Waals surface area (Å²) in [5, 5.41) is 23.6. The molecule has 0 bridgehead atoms. The largest absolute Gasteiger partial charge is 0.459 e. The van der Waals surface area contributed by atoms with Gasteiger partial charge in [0.05, 0.1) is 6.10 Å². The van der Waals surface area contributed by atoms with Crippen LogP contribution in [-0.4, -0.2) is 58.1 Å². The van der Waals surface area contributed by atoms with Crippen LogP contribution in [-0.2, 0) is 28.7 Å². The Kier molecular flexibility index (Phi) is 6.60. The zero-order valence-corrected chi connectivity index (χ0v) is 20.9. The smallest absolute Gasteiger partial charge is 0.306 e. The van der Waals surface area contributed by atoms with Gasteiger partial charge in [-0.15, -0.1) is 0 Å². The molecular weight excluding hydrogens is 452 g/mol. The average Bonchev–Trinajstić information content (AvgIpc) is 3.00. The highest BCUT2D eigenvalue weighted by Gasteiger charge is 2.72. The molecule has 0 amide bonds. The molecule has 0 heterocycles. The van der Waals surface area contributed by atoms with E-state index in [9.17, 15) is 29.4 Å². The Morgan fingerprint density at radius 1 is 1.23 bits per heavy atom. The highest BCUT2D eigenvalue weighted by Crippen LogP contribution is 2.67. The second-order valence-corrected chi connectivity index (χ2v) is 11.1. The Balaban J connectivity index is 1.74. The van der Waals surface area contributed by atoms with E-state index >= 15 is 0 Å². The van der Waals surface area contributed by atoms with Crippen molar-refractivity contribution in [2.45, 2.75) is 84.0 Å². The van der Waals surface area contributed by atoms with Crippen molar-refractivity contribution >= 4 is 23.5 Å². The fraction of sp³-hybridized carbons (Fsp3) is 0.704.